The Morgan fingerprint density at radius 1 is 1.07 bits per heavy atom. The molecule has 0 saturated heterocycles. The number of fused-ring (bicyclic) bond motifs is 1. The van der Waals surface area contributed by atoms with Crippen molar-refractivity contribution in [1.29, 1.82) is 0 Å². The number of benzene rings is 2. The van der Waals surface area contributed by atoms with Gasteiger partial charge in [-0.05, 0) is 43.2 Å². The molecule has 0 bridgehead atoms. The molecule has 1 heterocycles. The minimum absolute atomic E-state index is 0.00509. The Bertz CT molecular complexity index is 1100. The molecule has 2 amide bonds. The van der Waals surface area contributed by atoms with E-state index in [1.54, 1.807) is 0 Å². The van der Waals surface area contributed by atoms with E-state index in [4.69, 9.17) is 4.42 Å². The van der Waals surface area contributed by atoms with E-state index < -0.39 is 23.6 Å². The smallest absolute Gasteiger partial charge is 0.418 e. The lowest BCUT2D eigenvalue weighted by molar-refractivity contribution is -0.137. The Labute approximate surface area is 164 Å². The average molecular weight is 404 g/mol. The van der Waals surface area contributed by atoms with Crippen LogP contribution in [0.25, 0.3) is 11.0 Å². The molecule has 3 aromatic rings. The van der Waals surface area contributed by atoms with Crippen LogP contribution in [0.5, 0.6) is 0 Å². The third-order valence-corrected chi connectivity index (χ3v) is 4.61. The number of carbonyl (C=O) groups excluding carboxylic acids is 2. The third kappa shape index (κ3) is 4.42. The van der Waals surface area contributed by atoms with Crippen molar-refractivity contribution in [2.75, 3.05) is 10.6 Å². The maximum Gasteiger partial charge on any atom is 0.418 e. The second kappa shape index (κ2) is 7.62. The van der Waals surface area contributed by atoms with Gasteiger partial charge in [-0.15, -0.1) is 0 Å². The van der Waals surface area contributed by atoms with Gasteiger partial charge >= 0.3 is 6.18 Å². The van der Waals surface area contributed by atoms with Crippen LogP contribution in [0, 0.1) is 13.8 Å². The van der Waals surface area contributed by atoms with Crippen molar-refractivity contribution in [3.05, 3.63) is 58.8 Å². The van der Waals surface area contributed by atoms with Crippen LogP contribution in [0.1, 0.15) is 29.2 Å². The largest absolute Gasteiger partial charge is 0.464 e. The summed E-state index contributed by atoms with van der Waals surface area (Å²) in [6, 6.07) is 6.93. The molecule has 0 aliphatic rings. The van der Waals surface area contributed by atoms with E-state index in [-0.39, 0.29) is 17.8 Å². The van der Waals surface area contributed by atoms with Gasteiger partial charge in [-0.1, -0.05) is 12.1 Å². The topological polar surface area (TPSA) is 71.3 Å². The molecule has 0 atom stereocenters. The van der Waals surface area contributed by atoms with Crippen molar-refractivity contribution >= 4 is 34.2 Å². The van der Waals surface area contributed by atoms with Crippen LogP contribution in [0.2, 0.25) is 0 Å². The molecule has 29 heavy (non-hydrogen) atoms. The molecule has 5 nitrogen and oxygen atoms in total. The van der Waals surface area contributed by atoms with Gasteiger partial charge in [0.05, 0.1) is 23.9 Å². The number of carbonyl (C=O) groups is 2. The van der Waals surface area contributed by atoms with Crippen LogP contribution in [0.15, 0.2) is 41.0 Å². The second-order valence-corrected chi connectivity index (χ2v) is 6.81. The number of furan rings is 1. The van der Waals surface area contributed by atoms with E-state index in [9.17, 15) is 22.8 Å². The van der Waals surface area contributed by atoms with Crippen LogP contribution in [-0.4, -0.2) is 11.8 Å². The lowest BCUT2D eigenvalue weighted by atomic mass is 10.0. The molecule has 0 radical (unpaired) electrons. The number of nitrogens with one attached hydrogen (secondary N) is 2. The van der Waals surface area contributed by atoms with E-state index in [0.29, 0.717) is 11.1 Å². The first kappa shape index (κ1) is 20.4. The number of anilines is 2. The number of aryl methyl sites for hydroxylation is 2. The fourth-order valence-electron chi connectivity index (χ4n) is 3.06. The maximum atomic E-state index is 13.4. The SMILES string of the molecule is CC(=O)Nc1ccc(NC(=O)Cc2coc3c(C)c(C)ccc23)c(C(F)(F)F)c1. The molecule has 2 aromatic carbocycles. The van der Waals surface area contributed by atoms with E-state index in [1.165, 1.54) is 19.3 Å². The number of halogens is 3. The number of alkyl halides is 3. The first-order chi connectivity index (χ1) is 13.6. The van der Waals surface area contributed by atoms with Gasteiger partial charge < -0.3 is 15.1 Å². The molecular weight excluding hydrogens is 385 g/mol. The molecule has 0 fully saturated rings. The molecule has 8 heteroatoms. The van der Waals surface area contributed by atoms with Crippen molar-refractivity contribution in [1.82, 2.24) is 0 Å². The summed E-state index contributed by atoms with van der Waals surface area (Å²) in [6.07, 6.45) is -3.39. The molecule has 2 N–H and O–H groups in total. The van der Waals surface area contributed by atoms with Gasteiger partial charge in [0.1, 0.15) is 5.58 Å². The quantitative estimate of drug-likeness (QED) is 0.627. The van der Waals surface area contributed by atoms with Gasteiger partial charge in [0.15, 0.2) is 0 Å². The van der Waals surface area contributed by atoms with E-state index >= 15 is 0 Å². The predicted octanol–water partition coefficient (Wildman–Crippen LogP) is 5.21. The lowest BCUT2D eigenvalue weighted by Gasteiger charge is -2.15. The molecule has 0 saturated carbocycles. The van der Waals surface area contributed by atoms with Crippen molar-refractivity contribution in [2.24, 2.45) is 0 Å². The first-order valence-electron chi connectivity index (χ1n) is 8.81. The highest BCUT2D eigenvalue weighted by molar-refractivity contribution is 5.97. The van der Waals surface area contributed by atoms with Crippen molar-refractivity contribution in [2.45, 2.75) is 33.4 Å². The highest BCUT2D eigenvalue weighted by Gasteiger charge is 2.34. The maximum absolute atomic E-state index is 13.4. The van der Waals surface area contributed by atoms with Crippen molar-refractivity contribution in [3.63, 3.8) is 0 Å². The highest BCUT2D eigenvalue weighted by Crippen LogP contribution is 2.37. The van der Waals surface area contributed by atoms with E-state index in [2.05, 4.69) is 10.6 Å². The van der Waals surface area contributed by atoms with Crippen LogP contribution >= 0.6 is 0 Å². The molecular formula is C21H19F3N2O3. The van der Waals surface area contributed by atoms with Gasteiger partial charge in [0.25, 0.3) is 0 Å². The third-order valence-electron chi connectivity index (χ3n) is 4.61. The van der Waals surface area contributed by atoms with Crippen molar-refractivity contribution < 1.29 is 27.2 Å². The molecule has 3 rings (SSSR count). The number of rotatable bonds is 4. The monoisotopic (exact) mass is 404 g/mol. The summed E-state index contributed by atoms with van der Waals surface area (Å²) in [6.45, 7) is 5.03. The number of amides is 2. The second-order valence-electron chi connectivity index (χ2n) is 6.81. The van der Waals surface area contributed by atoms with Crippen LogP contribution in [0.3, 0.4) is 0 Å². The Balaban J connectivity index is 1.85. The fraction of sp³-hybridized carbons (Fsp3) is 0.238. The Morgan fingerprint density at radius 2 is 1.79 bits per heavy atom. The molecule has 1 aromatic heterocycles. The van der Waals surface area contributed by atoms with Gasteiger partial charge in [0, 0.05) is 23.6 Å². The highest BCUT2D eigenvalue weighted by atomic mass is 19.4. The lowest BCUT2D eigenvalue weighted by Crippen LogP contribution is -2.18. The van der Waals surface area contributed by atoms with Crippen molar-refractivity contribution in [3.8, 4) is 0 Å². The standard InChI is InChI=1S/C21H19F3N2O3/c1-11-4-6-16-14(10-29-20(16)12(11)2)8-19(28)26-18-7-5-15(25-13(3)27)9-17(18)21(22,23)24/h4-7,9-10H,8H2,1-3H3,(H,25,27)(H,26,28). The number of hydrogen-bond donors (Lipinski definition) is 2. The van der Waals surface area contributed by atoms with Crippen LogP contribution in [0.4, 0.5) is 24.5 Å². The first-order valence-corrected chi connectivity index (χ1v) is 8.81. The Hall–Kier alpha value is -3.29. The van der Waals surface area contributed by atoms with Crippen LogP contribution < -0.4 is 10.6 Å². The van der Waals surface area contributed by atoms with Gasteiger partial charge in [0.2, 0.25) is 11.8 Å². The minimum Gasteiger partial charge on any atom is -0.464 e. The molecule has 0 aliphatic carbocycles. The zero-order valence-electron chi connectivity index (χ0n) is 16.0. The average Bonchev–Trinajstić information content (AvgIpc) is 3.01. The van der Waals surface area contributed by atoms with E-state index in [1.807, 2.05) is 26.0 Å². The fourth-order valence-corrected chi connectivity index (χ4v) is 3.06. The van der Waals surface area contributed by atoms with Crippen LogP contribution in [-0.2, 0) is 22.2 Å². The Kier molecular flexibility index (Phi) is 5.37. The molecule has 0 spiro atoms. The zero-order valence-corrected chi connectivity index (χ0v) is 16.0. The molecule has 0 unspecified atom stereocenters. The number of hydrogen-bond acceptors (Lipinski definition) is 3. The summed E-state index contributed by atoms with van der Waals surface area (Å²) in [5.74, 6) is -1.10. The van der Waals surface area contributed by atoms with Gasteiger partial charge in [-0.2, -0.15) is 13.2 Å². The van der Waals surface area contributed by atoms with Gasteiger partial charge in [-0.25, -0.2) is 0 Å². The van der Waals surface area contributed by atoms with Gasteiger partial charge in [-0.3, -0.25) is 9.59 Å². The summed E-state index contributed by atoms with van der Waals surface area (Å²) in [7, 11) is 0. The summed E-state index contributed by atoms with van der Waals surface area (Å²) in [5.41, 5.74) is 1.80. The van der Waals surface area contributed by atoms with E-state index in [0.717, 1.165) is 28.6 Å². The molecule has 152 valence electrons. The summed E-state index contributed by atoms with van der Waals surface area (Å²) in [4.78, 5) is 23.5. The predicted molar refractivity (Wildman–Crippen MR) is 104 cm³/mol. The molecule has 0 aliphatic heterocycles. The Morgan fingerprint density at radius 3 is 2.45 bits per heavy atom. The summed E-state index contributed by atoms with van der Waals surface area (Å²) < 4.78 is 45.8. The summed E-state index contributed by atoms with van der Waals surface area (Å²) >= 11 is 0. The normalized spacial score (nSPS) is 11.5. The zero-order chi connectivity index (χ0) is 21.3. The summed E-state index contributed by atoms with van der Waals surface area (Å²) in [5, 5.41) is 5.36. The minimum atomic E-state index is -4.70.